The van der Waals surface area contributed by atoms with Gasteiger partial charge in [0, 0.05) is 12.6 Å². The summed E-state index contributed by atoms with van der Waals surface area (Å²) >= 11 is 0. The molecule has 2 aromatic rings. The highest BCUT2D eigenvalue weighted by Gasteiger charge is 2.30. The molecule has 0 aromatic heterocycles. The first-order chi connectivity index (χ1) is 15.9. The summed E-state index contributed by atoms with van der Waals surface area (Å²) in [6.45, 7) is 8.30. The standard InChI is InChI=1S/C28H38N2O3/c1-5-25(28(32)29-24-14-7-6-8-15-24)30(18-23-13-9-11-20(2)17-23)27(31)19-33-26-16-10-12-21(3)22(26)4/h9-13,16-17,24-25H,5-8,14-15,18-19H2,1-4H3,(H,29,32)/t25-/m0/s1. The highest BCUT2D eigenvalue weighted by molar-refractivity contribution is 5.88. The monoisotopic (exact) mass is 450 g/mol. The molecule has 1 aliphatic carbocycles. The lowest BCUT2D eigenvalue weighted by molar-refractivity contribution is -0.143. The third-order valence-electron chi connectivity index (χ3n) is 6.68. The summed E-state index contributed by atoms with van der Waals surface area (Å²) in [5.74, 6) is 0.471. The third kappa shape index (κ3) is 6.83. The van der Waals surface area contributed by atoms with Crippen molar-refractivity contribution in [1.82, 2.24) is 10.2 Å². The van der Waals surface area contributed by atoms with Crippen molar-refractivity contribution in [2.24, 2.45) is 0 Å². The molecule has 2 amide bonds. The van der Waals surface area contributed by atoms with Gasteiger partial charge in [-0.25, -0.2) is 0 Å². The Morgan fingerprint density at radius 2 is 1.79 bits per heavy atom. The summed E-state index contributed by atoms with van der Waals surface area (Å²) in [5, 5.41) is 3.22. The number of nitrogens with one attached hydrogen (secondary N) is 1. The van der Waals surface area contributed by atoms with E-state index in [1.807, 2.05) is 64.1 Å². The number of nitrogens with zero attached hydrogens (tertiary/aromatic N) is 1. The van der Waals surface area contributed by atoms with Crippen LogP contribution in [0.15, 0.2) is 42.5 Å². The van der Waals surface area contributed by atoms with Crippen LogP contribution in [0.3, 0.4) is 0 Å². The van der Waals surface area contributed by atoms with Gasteiger partial charge in [-0.15, -0.1) is 0 Å². The van der Waals surface area contributed by atoms with Crippen LogP contribution >= 0.6 is 0 Å². The largest absolute Gasteiger partial charge is 0.483 e. The van der Waals surface area contributed by atoms with Crippen LogP contribution in [0.1, 0.15) is 67.7 Å². The van der Waals surface area contributed by atoms with E-state index < -0.39 is 6.04 Å². The number of amides is 2. The van der Waals surface area contributed by atoms with Gasteiger partial charge in [0.1, 0.15) is 11.8 Å². The molecule has 1 N–H and O–H groups in total. The smallest absolute Gasteiger partial charge is 0.261 e. The van der Waals surface area contributed by atoms with Gasteiger partial charge >= 0.3 is 0 Å². The van der Waals surface area contributed by atoms with Crippen molar-refractivity contribution in [3.8, 4) is 5.75 Å². The van der Waals surface area contributed by atoms with E-state index in [2.05, 4.69) is 11.4 Å². The van der Waals surface area contributed by atoms with Crippen molar-refractivity contribution >= 4 is 11.8 Å². The molecule has 1 aliphatic rings. The van der Waals surface area contributed by atoms with Gasteiger partial charge in [-0.05, 0) is 62.8 Å². The van der Waals surface area contributed by atoms with Crippen molar-refractivity contribution in [2.75, 3.05) is 6.61 Å². The fourth-order valence-electron chi connectivity index (χ4n) is 4.57. The zero-order valence-electron chi connectivity index (χ0n) is 20.5. The maximum atomic E-state index is 13.4. The Bertz CT molecular complexity index is 950. The van der Waals surface area contributed by atoms with E-state index in [0.29, 0.717) is 18.7 Å². The summed E-state index contributed by atoms with van der Waals surface area (Å²) in [7, 11) is 0. The second kappa shape index (κ2) is 11.9. The molecule has 0 bridgehead atoms. The van der Waals surface area contributed by atoms with Gasteiger partial charge in [0.05, 0.1) is 0 Å². The molecule has 33 heavy (non-hydrogen) atoms. The van der Waals surface area contributed by atoms with E-state index in [-0.39, 0.29) is 24.5 Å². The lowest BCUT2D eigenvalue weighted by atomic mass is 9.95. The Hall–Kier alpha value is -2.82. The van der Waals surface area contributed by atoms with Crippen LogP contribution in [-0.2, 0) is 16.1 Å². The zero-order chi connectivity index (χ0) is 23.8. The lowest BCUT2D eigenvalue weighted by Crippen LogP contribution is -2.52. The minimum atomic E-state index is -0.526. The third-order valence-corrected chi connectivity index (χ3v) is 6.68. The molecule has 178 valence electrons. The first-order valence-electron chi connectivity index (χ1n) is 12.2. The van der Waals surface area contributed by atoms with Crippen LogP contribution in [0, 0.1) is 20.8 Å². The molecule has 5 heteroatoms. The Kier molecular flexibility index (Phi) is 8.93. The van der Waals surface area contributed by atoms with Crippen LogP contribution in [-0.4, -0.2) is 35.4 Å². The van der Waals surface area contributed by atoms with Gasteiger partial charge in [0.25, 0.3) is 5.91 Å². The number of benzene rings is 2. The van der Waals surface area contributed by atoms with Crippen LogP contribution in [0.2, 0.25) is 0 Å². The molecular formula is C28H38N2O3. The van der Waals surface area contributed by atoms with Gasteiger partial charge in [-0.2, -0.15) is 0 Å². The molecule has 1 atom stereocenters. The lowest BCUT2D eigenvalue weighted by Gasteiger charge is -2.32. The van der Waals surface area contributed by atoms with Gasteiger partial charge in [-0.1, -0.05) is 68.1 Å². The number of hydrogen-bond acceptors (Lipinski definition) is 3. The number of carbonyl (C=O) groups is 2. The molecule has 0 spiro atoms. The first-order valence-corrected chi connectivity index (χ1v) is 12.2. The number of carbonyl (C=O) groups excluding carboxylic acids is 2. The normalized spacial score (nSPS) is 15.0. The number of hydrogen-bond donors (Lipinski definition) is 1. The second-order valence-corrected chi connectivity index (χ2v) is 9.26. The van der Waals surface area contributed by atoms with Crippen molar-refractivity contribution in [2.45, 2.75) is 84.8 Å². The molecule has 0 unspecified atom stereocenters. The average molecular weight is 451 g/mol. The molecule has 0 heterocycles. The molecule has 0 aliphatic heterocycles. The molecule has 1 fully saturated rings. The molecule has 0 saturated heterocycles. The summed E-state index contributed by atoms with van der Waals surface area (Å²) in [4.78, 5) is 28.4. The van der Waals surface area contributed by atoms with Crippen LogP contribution in [0.4, 0.5) is 0 Å². The van der Waals surface area contributed by atoms with Crippen molar-refractivity contribution in [1.29, 1.82) is 0 Å². The number of ether oxygens (including phenoxy) is 1. The van der Waals surface area contributed by atoms with E-state index in [1.54, 1.807) is 4.90 Å². The van der Waals surface area contributed by atoms with Crippen LogP contribution in [0.25, 0.3) is 0 Å². The summed E-state index contributed by atoms with van der Waals surface area (Å²) in [6.07, 6.45) is 6.12. The van der Waals surface area contributed by atoms with Gasteiger partial charge in [0.15, 0.2) is 6.61 Å². The van der Waals surface area contributed by atoms with Crippen molar-refractivity contribution < 1.29 is 14.3 Å². The van der Waals surface area contributed by atoms with E-state index in [4.69, 9.17) is 4.74 Å². The average Bonchev–Trinajstić information content (AvgIpc) is 2.80. The minimum absolute atomic E-state index is 0.0582. The Balaban J connectivity index is 1.78. The van der Waals surface area contributed by atoms with E-state index in [1.165, 1.54) is 6.42 Å². The molecule has 1 saturated carbocycles. The van der Waals surface area contributed by atoms with E-state index in [9.17, 15) is 9.59 Å². The topological polar surface area (TPSA) is 58.6 Å². The second-order valence-electron chi connectivity index (χ2n) is 9.26. The van der Waals surface area contributed by atoms with Crippen LogP contribution < -0.4 is 10.1 Å². The van der Waals surface area contributed by atoms with E-state index >= 15 is 0 Å². The van der Waals surface area contributed by atoms with Crippen LogP contribution in [0.5, 0.6) is 5.75 Å². The predicted molar refractivity (Wildman–Crippen MR) is 132 cm³/mol. The number of rotatable bonds is 9. The molecule has 5 nitrogen and oxygen atoms in total. The maximum Gasteiger partial charge on any atom is 0.261 e. The maximum absolute atomic E-state index is 13.4. The van der Waals surface area contributed by atoms with Gasteiger partial charge < -0.3 is 15.0 Å². The SMILES string of the molecule is CC[C@@H](C(=O)NC1CCCCC1)N(Cc1cccc(C)c1)C(=O)COc1cccc(C)c1C. The highest BCUT2D eigenvalue weighted by Crippen LogP contribution is 2.22. The highest BCUT2D eigenvalue weighted by atomic mass is 16.5. The molecular weight excluding hydrogens is 412 g/mol. The van der Waals surface area contributed by atoms with Crippen molar-refractivity contribution in [3.05, 3.63) is 64.7 Å². The van der Waals surface area contributed by atoms with E-state index in [0.717, 1.165) is 47.9 Å². The summed E-state index contributed by atoms with van der Waals surface area (Å²) in [6, 6.07) is 13.6. The summed E-state index contributed by atoms with van der Waals surface area (Å²) in [5.41, 5.74) is 4.29. The molecule has 3 rings (SSSR count). The summed E-state index contributed by atoms with van der Waals surface area (Å²) < 4.78 is 5.92. The Labute approximate surface area is 198 Å². The van der Waals surface area contributed by atoms with Crippen molar-refractivity contribution in [3.63, 3.8) is 0 Å². The first kappa shape index (κ1) is 24.8. The predicted octanol–water partition coefficient (Wildman–Crippen LogP) is 5.25. The molecule has 2 aromatic carbocycles. The Morgan fingerprint density at radius 3 is 2.48 bits per heavy atom. The minimum Gasteiger partial charge on any atom is -0.483 e. The van der Waals surface area contributed by atoms with Gasteiger partial charge in [0.2, 0.25) is 5.91 Å². The fourth-order valence-corrected chi connectivity index (χ4v) is 4.57. The zero-order valence-corrected chi connectivity index (χ0v) is 20.5. The number of aryl methyl sites for hydroxylation is 2. The quantitative estimate of drug-likeness (QED) is 0.568. The fraction of sp³-hybridized carbons (Fsp3) is 0.500. The Morgan fingerprint density at radius 1 is 1.06 bits per heavy atom. The molecule has 0 radical (unpaired) electrons. The van der Waals surface area contributed by atoms with Gasteiger partial charge in [-0.3, -0.25) is 9.59 Å².